The number of hydrogen-bond acceptors (Lipinski definition) is 3. The number of halogens is 1. The van der Waals surface area contributed by atoms with Crippen LogP contribution in [-0.2, 0) is 27.7 Å². The number of rotatable bonds is 3. The smallest absolute Gasteiger partial charge is 0.266 e. The van der Waals surface area contributed by atoms with Gasteiger partial charge in [0.05, 0.1) is 11.4 Å². The first-order chi connectivity index (χ1) is 12.8. The number of nitrogens with zero attached hydrogens (tertiary/aromatic N) is 2. The molecule has 0 aromatic heterocycles. The van der Waals surface area contributed by atoms with Gasteiger partial charge in [-0.25, -0.2) is 8.42 Å². The normalized spacial score (nSPS) is 18.6. The van der Waals surface area contributed by atoms with Gasteiger partial charge >= 0.3 is 0 Å². The van der Waals surface area contributed by atoms with Gasteiger partial charge in [0.1, 0.15) is 4.90 Å². The lowest BCUT2D eigenvalue weighted by Crippen LogP contribution is -2.37. The summed E-state index contributed by atoms with van der Waals surface area (Å²) in [7, 11) is -3.81. The van der Waals surface area contributed by atoms with Crippen molar-refractivity contribution in [1.29, 1.82) is 0 Å². The molecule has 0 N–H and O–H groups in total. The maximum Gasteiger partial charge on any atom is 0.266 e. The lowest BCUT2D eigenvalue weighted by atomic mass is 10.1. The van der Waals surface area contributed by atoms with Gasteiger partial charge in [-0.1, -0.05) is 41.1 Å². The first-order valence-corrected chi connectivity index (χ1v) is 11.3. The van der Waals surface area contributed by atoms with Crippen LogP contribution in [0.4, 0.5) is 11.4 Å². The average molecular weight is 449 g/mol. The van der Waals surface area contributed by atoms with Crippen LogP contribution in [0, 0.1) is 0 Å². The minimum absolute atomic E-state index is 0.0533. The second-order valence-electron chi connectivity index (χ2n) is 7.04. The molecule has 5 nitrogen and oxygen atoms in total. The SMILES string of the molecule is CCC(=O)N1CCc2cc(Br)cc(S(=O)(=O)N3c4ccccc4C[C@@H]3C)c21. The fourth-order valence-electron chi connectivity index (χ4n) is 4.12. The summed E-state index contributed by atoms with van der Waals surface area (Å²) in [6, 6.07) is 11.0. The molecule has 2 aliphatic heterocycles. The highest BCUT2D eigenvalue weighted by atomic mass is 79.9. The van der Waals surface area contributed by atoms with E-state index in [-0.39, 0.29) is 16.8 Å². The van der Waals surface area contributed by atoms with Gasteiger partial charge in [-0.05, 0) is 49.1 Å². The van der Waals surface area contributed by atoms with Crippen LogP contribution < -0.4 is 9.21 Å². The summed E-state index contributed by atoms with van der Waals surface area (Å²) in [5.41, 5.74) is 3.19. The van der Waals surface area contributed by atoms with Crippen molar-refractivity contribution in [2.75, 3.05) is 15.7 Å². The molecule has 2 heterocycles. The van der Waals surface area contributed by atoms with E-state index in [0.29, 0.717) is 36.0 Å². The van der Waals surface area contributed by atoms with Crippen LogP contribution in [0.25, 0.3) is 0 Å². The second-order valence-corrected chi connectivity index (χ2v) is 9.74. The number of amides is 1. The number of fused-ring (bicyclic) bond motifs is 2. The molecule has 0 saturated heterocycles. The summed E-state index contributed by atoms with van der Waals surface area (Å²) >= 11 is 3.45. The zero-order valence-corrected chi connectivity index (χ0v) is 17.7. The number of benzene rings is 2. The number of carbonyl (C=O) groups is 1. The van der Waals surface area contributed by atoms with Crippen molar-refractivity contribution in [3.63, 3.8) is 0 Å². The quantitative estimate of drug-likeness (QED) is 0.715. The summed E-state index contributed by atoms with van der Waals surface area (Å²) in [5, 5.41) is 0. The maximum atomic E-state index is 13.7. The van der Waals surface area contributed by atoms with Gasteiger partial charge < -0.3 is 4.90 Å². The predicted molar refractivity (Wildman–Crippen MR) is 110 cm³/mol. The highest BCUT2D eigenvalue weighted by Crippen LogP contribution is 2.43. The van der Waals surface area contributed by atoms with Crippen LogP contribution in [0.15, 0.2) is 45.8 Å². The minimum Gasteiger partial charge on any atom is -0.310 e. The number of carbonyl (C=O) groups excluding carboxylic acids is 1. The Morgan fingerprint density at radius 1 is 1.22 bits per heavy atom. The van der Waals surface area contributed by atoms with Crippen molar-refractivity contribution in [1.82, 2.24) is 0 Å². The molecule has 1 atom stereocenters. The van der Waals surface area contributed by atoms with Crippen molar-refractivity contribution in [2.24, 2.45) is 0 Å². The number of para-hydroxylation sites is 1. The largest absolute Gasteiger partial charge is 0.310 e. The van der Waals surface area contributed by atoms with E-state index in [1.165, 1.54) is 4.31 Å². The maximum absolute atomic E-state index is 13.7. The third kappa shape index (κ3) is 2.88. The Hall–Kier alpha value is -1.86. The molecule has 0 bridgehead atoms. The highest BCUT2D eigenvalue weighted by molar-refractivity contribution is 9.10. The van der Waals surface area contributed by atoms with Crippen LogP contribution in [0.2, 0.25) is 0 Å². The number of anilines is 2. The fourth-order valence-corrected chi connectivity index (χ4v) is 6.73. The van der Waals surface area contributed by atoms with E-state index in [1.54, 1.807) is 17.9 Å². The minimum atomic E-state index is -3.81. The summed E-state index contributed by atoms with van der Waals surface area (Å²) in [6.45, 7) is 4.24. The lowest BCUT2D eigenvalue weighted by Gasteiger charge is -2.27. The van der Waals surface area contributed by atoms with Crippen molar-refractivity contribution >= 4 is 43.2 Å². The standard InChI is InChI=1S/C20H21BrN2O3S/c1-3-19(24)22-9-8-15-11-16(21)12-18(20(15)22)27(25,26)23-13(2)10-14-6-4-5-7-17(14)23/h4-7,11-13H,3,8-10H2,1-2H3/t13-/m0/s1. The number of hydrogen-bond donors (Lipinski definition) is 0. The van der Waals surface area contributed by atoms with Crippen molar-refractivity contribution in [3.8, 4) is 0 Å². The van der Waals surface area contributed by atoms with Crippen molar-refractivity contribution < 1.29 is 13.2 Å². The third-order valence-corrected chi connectivity index (χ3v) is 7.68. The van der Waals surface area contributed by atoms with E-state index in [9.17, 15) is 13.2 Å². The Kier molecular flexibility index (Phi) is 4.55. The molecule has 0 aliphatic carbocycles. The molecule has 4 rings (SSSR count). The molecule has 2 aliphatic rings. The van der Waals surface area contributed by atoms with E-state index in [1.807, 2.05) is 37.3 Å². The molecule has 0 spiro atoms. The first-order valence-electron chi connectivity index (χ1n) is 9.09. The fraction of sp³-hybridized carbons (Fsp3) is 0.350. The topological polar surface area (TPSA) is 57.7 Å². The molecule has 142 valence electrons. The Morgan fingerprint density at radius 3 is 2.70 bits per heavy atom. The molecular formula is C20H21BrN2O3S. The predicted octanol–water partition coefficient (Wildman–Crippen LogP) is 3.89. The summed E-state index contributed by atoms with van der Waals surface area (Å²) in [5.74, 6) is -0.0533. The molecule has 27 heavy (non-hydrogen) atoms. The van der Waals surface area contributed by atoms with Gasteiger partial charge in [0.2, 0.25) is 5.91 Å². The zero-order chi connectivity index (χ0) is 19.3. The third-order valence-electron chi connectivity index (χ3n) is 5.28. The van der Waals surface area contributed by atoms with E-state index < -0.39 is 10.0 Å². The zero-order valence-electron chi connectivity index (χ0n) is 15.3. The molecule has 0 unspecified atom stereocenters. The summed E-state index contributed by atoms with van der Waals surface area (Å²) in [6.07, 6.45) is 1.69. The molecule has 0 saturated carbocycles. The first kappa shape index (κ1) is 18.5. The molecule has 2 aromatic rings. The van der Waals surface area contributed by atoms with Crippen LogP contribution in [0.1, 0.15) is 31.4 Å². The van der Waals surface area contributed by atoms with E-state index in [2.05, 4.69) is 15.9 Å². The van der Waals surface area contributed by atoms with Gasteiger partial charge in [0, 0.05) is 23.5 Å². The van der Waals surface area contributed by atoms with Crippen LogP contribution in [0.5, 0.6) is 0 Å². The van der Waals surface area contributed by atoms with E-state index in [0.717, 1.165) is 16.8 Å². The van der Waals surface area contributed by atoms with Crippen molar-refractivity contribution in [2.45, 2.75) is 44.0 Å². The Morgan fingerprint density at radius 2 is 1.96 bits per heavy atom. The van der Waals surface area contributed by atoms with E-state index in [4.69, 9.17) is 0 Å². The van der Waals surface area contributed by atoms with E-state index >= 15 is 0 Å². The molecular weight excluding hydrogens is 428 g/mol. The Bertz CT molecular complexity index is 1040. The van der Waals surface area contributed by atoms with Gasteiger partial charge in [-0.15, -0.1) is 0 Å². The number of sulfonamides is 1. The second kappa shape index (κ2) is 6.63. The summed E-state index contributed by atoms with van der Waals surface area (Å²) in [4.78, 5) is 14.3. The van der Waals surface area contributed by atoms with Crippen LogP contribution in [-0.4, -0.2) is 26.9 Å². The van der Waals surface area contributed by atoms with Crippen LogP contribution in [0.3, 0.4) is 0 Å². The Labute approximate surface area is 168 Å². The monoisotopic (exact) mass is 448 g/mol. The molecule has 0 fully saturated rings. The highest BCUT2D eigenvalue weighted by Gasteiger charge is 2.40. The average Bonchev–Trinajstić information content (AvgIpc) is 3.20. The van der Waals surface area contributed by atoms with Gasteiger partial charge in [0.15, 0.2) is 0 Å². The van der Waals surface area contributed by atoms with Gasteiger partial charge in [-0.3, -0.25) is 9.10 Å². The molecule has 2 aromatic carbocycles. The molecule has 1 amide bonds. The van der Waals surface area contributed by atoms with Crippen molar-refractivity contribution in [3.05, 3.63) is 52.0 Å². The lowest BCUT2D eigenvalue weighted by molar-refractivity contribution is -0.118. The van der Waals surface area contributed by atoms with Crippen LogP contribution >= 0.6 is 15.9 Å². The summed E-state index contributed by atoms with van der Waals surface area (Å²) < 4.78 is 29.7. The molecule has 0 radical (unpaired) electrons. The van der Waals surface area contributed by atoms with Gasteiger partial charge in [-0.2, -0.15) is 0 Å². The van der Waals surface area contributed by atoms with Gasteiger partial charge in [0.25, 0.3) is 10.0 Å². The Balaban J connectivity index is 1.90. The molecule has 7 heteroatoms.